The molecule has 0 saturated carbocycles. The molecule has 0 unspecified atom stereocenters. The van der Waals surface area contributed by atoms with Crippen LogP contribution in [-0.4, -0.2) is 79.8 Å². The van der Waals surface area contributed by atoms with Crippen LogP contribution in [0.3, 0.4) is 0 Å². The van der Waals surface area contributed by atoms with Crippen LogP contribution >= 0.6 is 0 Å². The molecule has 2 heterocycles. The molecular weight excluding hydrogens is 491 g/mol. The van der Waals surface area contributed by atoms with Gasteiger partial charge in [-0.05, 0) is 12.1 Å². The fraction of sp³-hybridized carbons (Fsp3) is 0.368. The van der Waals surface area contributed by atoms with Crippen LogP contribution in [-0.2, 0) is 10.0 Å². The summed E-state index contributed by atoms with van der Waals surface area (Å²) in [7, 11) is -2.71. The van der Waals surface area contributed by atoms with Crippen LogP contribution in [0.25, 0.3) is 0 Å². The second-order valence-corrected chi connectivity index (χ2v) is 9.40. The lowest BCUT2D eigenvalue weighted by atomic mass is 10.3. The van der Waals surface area contributed by atoms with Gasteiger partial charge in [-0.25, -0.2) is 8.42 Å². The van der Waals surface area contributed by atoms with Crippen molar-refractivity contribution in [3.8, 4) is 0 Å². The molecule has 1 aromatic heterocycles. The van der Waals surface area contributed by atoms with Crippen molar-refractivity contribution in [2.45, 2.75) is 6.18 Å². The summed E-state index contributed by atoms with van der Waals surface area (Å²) in [5.74, 6) is -2.09. The van der Waals surface area contributed by atoms with Crippen molar-refractivity contribution in [2.75, 3.05) is 48.8 Å². The molecule has 0 bridgehead atoms. The summed E-state index contributed by atoms with van der Waals surface area (Å²) in [4.78, 5) is 15.3. The smallest absolute Gasteiger partial charge is 0.380 e. The molecule has 0 atom stereocenters. The highest BCUT2D eigenvalue weighted by atomic mass is 32.2. The van der Waals surface area contributed by atoms with E-state index in [4.69, 9.17) is 16.0 Å². The van der Waals surface area contributed by atoms with E-state index >= 15 is 0 Å². The van der Waals surface area contributed by atoms with Gasteiger partial charge >= 0.3 is 12.2 Å². The molecule has 2 aromatic rings. The number of amidine groups is 1. The molecule has 1 aliphatic rings. The Labute approximate surface area is 199 Å². The van der Waals surface area contributed by atoms with Crippen molar-refractivity contribution in [1.82, 2.24) is 14.4 Å². The van der Waals surface area contributed by atoms with E-state index in [0.29, 0.717) is 5.82 Å². The maximum Gasteiger partial charge on any atom is 0.404 e. The fourth-order valence-corrected chi connectivity index (χ4v) is 4.43. The molecule has 0 spiro atoms. The monoisotopic (exact) mass is 515 g/mol. The molecule has 16 heteroatoms. The number of piperazine rings is 1. The first-order valence-corrected chi connectivity index (χ1v) is 11.8. The molecule has 3 rings (SSSR count). The quantitative estimate of drug-likeness (QED) is 0.400. The zero-order valence-corrected chi connectivity index (χ0v) is 19.5. The van der Waals surface area contributed by atoms with Crippen molar-refractivity contribution < 1.29 is 26.1 Å². The zero-order chi connectivity index (χ0) is 25.8. The highest BCUT2D eigenvalue weighted by Crippen LogP contribution is 2.22. The molecule has 1 saturated heterocycles. The van der Waals surface area contributed by atoms with Gasteiger partial charge in [-0.15, -0.1) is 0 Å². The molecule has 0 amide bonds. The summed E-state index contributed by atoms with van der Waals surface area (Å²) >= 11 is 0. The lowest BCUT2D eigenvalue weighted by Gasteiger charge is -2.32. The summed E-state index contributed by atoms with van der Waals surface area (Å²) in [5, 5.41) is 3.71. The van der Waals surface area contributed by atoms with Crippen LogP contribution in [0.1, 0.15) is 5.82 Å². The Morgan fingerprint density at radius 3 is 2.40 bits per heavy atom. The summed E-state index contributed by atoms with van der Waals surface area (Å²) < 4.78 is 67.3. The van der Waals surface area contributed by atoms with Gasteiger partial charge in [-0.2, -0.15) is 32.4 Å². The number of aromatic nitrogens is 2. The van der Waals surface area contributed by atoms with Crippen LogP contribution in [0.5, 0.6) is 0 Å². The summed E-state index contributed by atoms with van der Waals surface area (Å²) in [6.07, 6.45) is -4.82. The first kappa shape index (κ1) is 26.0. The standard InChI is InChI=1S/C19H24F3N9O3S/c1-13(29(2)14-6-4-3-5-7-14)25-17(24)26-15(23)16-27-18(34-28-16)30-8-10-31(11-9-30)35(32,33)12-19(20,21)22/h3-7H,1,8-12H2,2H3,(H4,23,24,25,26). The first-order valence-electron chi connectivity index (χ1n) is 10.2. The van der Waals surface area contributed by atoms with Crippen molar-refractivity contribution >= 4 is 33.5 Å². The van der Waals surface area contributed by atoms with Gasteiger partial charge in [0, 0.05) is 38.9 Å². The minimum absolute atomic E-state index is 0.00903. The molecule has 35 heavy (non-hydrogen) atoms. The Hall–Kier alpha value is -3.66. The average molecular weight is 516 g/mol. The molecule has 0 radical (unpaired) electrons. The maximum atomic E-state index is 12.5. The van der Waals surface area contributed by atoms with Gasteiger partial charge in [0.1, 0.15) is 5.82 Å². The van der Waals surface area contributed by atoms with Gasteiger partial charge in [0.25, 0.3) is 0 Å². The molecule has 1 fully saturated rings. The van der Waals surface area contributed by atoms with E-state index in [1.54, 1.807) is 11.9 Å². The first-order chi connectivity index (χ1) is 16.4. The minimum Gasteiger partial charge on any atom is -0.380 e. The maximum absolute atomic E-state index is 12.5. The largest absolute Gasteiger partial charge is 0.404 e. The Balaban J connectivity index is 1.62. The van der Waals surface area contributed by atoms with Gasteiger partial charge in [-0.3, -0.25) is 0 Å². The number of hydrogen-bond donors (Lipinski definition) is 2. The van der Waals surface area contributed by atoms with E-state index < -0.39 is 22.0 Å². The van der Waals surface area contributed by atoms with E-state index in [-0.39, 0.29) is 49.8 Å². The molecule has 190 valence electrons. The Bertz CT molecular complexity index is 1200. The van der Waals surface area contributed by atoms with Gasteiger partial charge in [-0.1, -0.05) is 29.9 Å². The number of anilines is 2. The molecule has 1 aromatic carbocycles. The number of benzene rings is 1. The molecule has 12 nitrogen and oxygen atoms in total. The van der Waals surface area contributed by atoms with E-state index in [0.717, 1.165) is 9.99 Å². The van der Waals surface area contributed by atoms with E-state index in [9.17, 15) is 21.6 Å². The van der Waals surface area contributed by atoms with E-state index in [1.165, 1.54) is 4.90 Å². The number of aliphatic imine (C=N–C) groups is 2. The van der Waals surface area contributed by atoms with Crippen molar-refractivity contribution in [2.24, 2.45) is 21.5 Å². The molecular formula is C19H24F3N9O3S. The number of rotatable bonds is 7. The third-order valence-electron chi connectivity index (χ3n) is 4.90. The highest BCUT2D eigenvalue weighted by Gasteiger charge is 2.39. The van der Waals surface area contributed by atoms with E-state index in [1.807, 2.05) is 30.3 Å². The minimum atomic E-state index is -4.82. The number of alkyl halides is 3. The van der Waals surface area contributed by atoms with Crippen molar-refractivity contribution in [1.29, 1.82) is 0 Å². The Morgan fingerprint density at radius 1 is 1.17 bits per heavy atom. The van der Waals surface area contributed by atoms with Crippen LogP contribution in [0.4, 0.5) is 24.9 Å². The number of guanidine groups is 1. The van der Waals surface area contributed by atoms with E-state index in [2.05, 4.69) is 26.7 Å². The molecule has 1 aliphatic heterocycles. The van der Waals surface area contributed by atoms with Gasteiger partial charge < -0.3 is 25.8 Å². The van der Waals surface area contributed by atoms with Crippen LogP contribution in [0.2, 0.25) is 0 Å². The van der Waals surface area contributed by atoms with Crippen molar-refractivity contribution in [3.63, 3.8) is 0 Å². The Morgan fingerprint density at radius 2 is 1.80 bits per heavy atom. The second kappa shape index (κ2) is 10.3. The normalized spacial score (nSPS) is 16.4. The fourth-order valence-electron chi connectivity index (χ4n) is 3.11. The van der Waals surface area contributed by atoms with Gasteiger partial charge in [0.05, 0.1) is 0 Å². The predicted octanol–water partition coefficient (Wildman–Crippen LogP) is 0.711. The lowest BCUT2D eigenvalue weighted by molar-refractivity contribution is -0.107. The van der Waals surface area contributed by atoms with Gasteiger partial charge in [0.2, 0.25) is 21.8 Å². The van der Waals surface area contributed by atoms with Crippen LogP contribution in [0, 0.1) is 0 Å². The second-order valence-electron chi connectivity index (χ2n) is 7.44. The predicted molar refractivity (Wildman–Crippen MR) is 124 cm³/mol. The summed E-state index contributed by atoms with van der Waals surface area (Å²) in [5.41, 5.74) is 12.6. The lowest BCUT2D eigenvalue weighted by Crippen LogP contribution is -2.50. The van der Waals surface area contributed by atoms with Crippen LogP contribution in [0.15, 0.2) is 57.2 Å². The third-order valence-corrected chi connectivity index (χ3v) is 6.75. The SMILES string of the molecule is C=C(/N=C(N)\N=C(/N)c1noc(N2CCN(S(=O)(=O)CC(F)(F)F)CC2)n1)N(C)c1ccccc1. The van der Waals surface area contributed by atoms with Crippen LogP contribution < -0.4 is 21.3 Å². The number of hydrogen-bond acceptors (Lipinski definition) is 8. The summed E-state index contributed by atoms with van der Waals surface area (Å²) in [6.45, 7) is 3.59. The average Bonchev–Trinajstić information content (AvgIpc) is 3.28. The Kier molecular flexibility index (Phi) is 7.64. The number of nitrogens with zero attached hydrogens (tertiary/aromatic N) is 7. The third kappa shape index (κ3) is 6.92. The summed E-state index contributed by atoms with van der Waals surface area (Å²) in [6, 6.07) is 9.32. The highest BCUT2D eigenvalue weighted by molar-refractivity contribution is 7.89. The number of para-hydroxylation sites is 1. The van der Waals surface area contributed by atoms with Crippen molar-refractivity contribution in [3.05, 3.63) is 48.6 Å². The number of halogens is 3. The molecule has 4 N–H and O–H groups in total. The molecule has 0 aliphatic carbocycles. The zero-order valence-electron chi connectivity index (χ0n) is 18.7. The number of sulfonamides is 1. The topological polar surface area (TPSA) is 160 Å². The number of nitrogens with two attached hydrogens (primary N) is 2. The van der Waals surface area contributed by atoms with Gasteiger partial charge in [0.15, 0.2) is 11.6 Å².